The number of para-hydroxylation sites is 1. The van der Waals surface area contributed by atoms with Crippen LogP contribution in [0.4, 0.5) is 0 Å². The molecule has 6 nitrogen and oxygen atoms in total. The number of nitrogens with zero attached hydrogens (tertiary/aromatic N) is 1. The van der Waals surface area contributed by atoms with Gasteiger partial charge in [0.2, 0.25) is 6.79 Å². The minimum Gasteiger partial charge on any atom is -0.454 e. The zero-order valence-corrected chi connectivity index (χ0v) is 18.7. The number of halogens is 1. The highest BCUT2D eigenvalue weighted by Gasteiger charge is 2.21. The maximum absolute atomic E-state index is 13.4. The van der Waals surface area contributed by atoms with Gasteiger partial charge in [0, 0.05) is 22.7 Å². The molecular formula is C26H21ClN2O4. The van der Waals surface area contributed by atoms with Crippen LogP contribution in [0.15, 0.2) is 71.5 Å². The number of rotatable bonds is 5. The molecule has 0 saturated heterocycles. The van der Waals surface area contributed by atoms with Crippen LogP contribution in [-0.4, -0.2) is 22.6 Å². The average Bonchev–Trinajstić information content (AvgIpc) is 3.28. The molecule has 0 fully saturated rings. The molecular weight excluding hydrogens is 440 g/mol. The highest BCUT2D eigenvalue weighted by atomic mass is 35.5. The number of aryl methyl sites for hydroxylation is 1. The van der Waals surface area contributed by atoms with E-state index in [9.17, 15) is 9.59 Å². The molecule has 3 aromatic carbocycles. The zero-order chi connectivity index (χ0) is 22.9. The Kier molecular flexibility index (Phi) is 5.52. The van der Waals surface area contributed by atoms with Crippen molar-refractivity contribution in [2.45, 2.75) is 20.0 Å². The first kappa shape index (κ1) is 21.1. The number of hydrogen-bond donors (Lipinski definition) is 1. The van der Waals surface area contributed by atoms with Crippen molar-refractivity contribution in [3.63, 3.8) is 0 Å². The maximum Gasteiger partial charge on any atom is 0.254 e. The lowest BCUT2D eigenvalue weighted by molar-refractivity contribution is 0.0729. The summed E-state index contributed by atoms with van der Waals surface area (Å²) in [6.45, 7) is 2.57. The molecule has 0 bridgehead atoms. The van der Waals surface area contributed by atoms with E-state index in [4.69, 9.17) is 21.1 Å². The molecule has 2 heterocycles. The van der Waals surface area contributed by atoms with Gasteiger partial charge >= 0.3 is 0 Å². The Morgan fingerprint density at radius 3 is 2.61 bits per heavy atom. The number of ether oxygens (including phenoxy) is 2. The largest absolute Gasteiger partial charge is 0.454 e. The van der Waals surface area contributed by atoms with Crippen molar-refractivity contribution in [2.75, 3.05) is 6.79 Å². The maximum atomic E-state index is 13.4. The van der Waals surface area contributed by atoms with Crippen LogP contribution < -0.4 is 15.0 Å². The van der Waals surface area contributed by atoms with Crippen LogP contribution in [0, 0.1) is 6.92 Å². The van der Waals surface area contributed by atoms with Gasteiger partial charge in [0.05, 0.1) is 12.1 Å². The molecule has 1 aromatic heterocycles. The lowest BCUT2D eigenvalue weighted by Crippen LogP contribution is -2.32. The van der Waals surface area contributed by atoms with Crippen LogP contribution in [0.5, 0.6) is 11.5 Å². The standard InChI is InChI=1S/C26H21ClN2O4/c1-16-3-2-4-19-12-20(25(30)28-24(16)19)14-29(26(31)18-6-8-21(27)9-7-18)13-17-5-10-22-23(11-17)33-15-32-22/h2-12H,13-15H2,1H3,(H,28,30). The molecule has 7 heteroatoms. The number of amides is 1. The molecule has 33 heavy (non-hydrogen) atoms. The van der Waals surface area contributed by atoms with E-state index in [1.54, 1.807) is 29.2 Å². The minimum absolute atomic E-state index is 0.148. The Balaban J connectivity index is 1.51. The van der Waals surface area contributed by atoms with E-state index >= 15 is 0 Å². The fourth-order valence-electron chi connectivity index (χ4n) is 3.99. The first-order chi connectivity index (χ1) is 16.0. The van der Waals surface area contributed by atoms with Crippen molar-refractivity contribution >= 4 is 28.4 Å². The second-order valence-corrected chi connectivity index (χ2v) is 8.45. The van der Waals surface area contributed by atoms with Gasteiger partial charge in [-0.1, -0.05) is 35.9 Å². The summed E-state index contributed by atoms with van der Waals surface area (Å²) in [5.41, 5.74) is 3.46. The Hall–Kier alpha value is -3.77. The third-order valence-corrected chi connectivity index (χ3v) is 5.97. The van der Waals surface area contributed by atoms with Crippen molar-refractivity contribution in [1.82, 2.24) is 9.88 Å². The number of fused-ring (bicyclic) bond motifs is 2. The van der Waals surface area contributed by atoms with E-state index in [-0.39, 0.29) is 24.8 Å². The lowest BCUT2D eigenvalue weighted by Gasteiger charge is -2.23. The van der Waals surface area contributed by atoms with Gasteiger partial charge in [0.1, 0.15) is 0 Å². The first-order valence-corrected chi connectivity index (χ1v) is 10.9. The van der Waals surface area contributed by atoms with Crippen molar-refractivity contribution < 1.29 is 14.3 Å². The summed E-state index contributed by atoms with van der Waals surface area (Å²) in [5, 5.41) is 1.47. The number of benzene rings is 3. The molecule has 1 amide bonds. The van der Waals surface area contributed by atoms with Crippen LogP contribution in [0.25, 0.3) is 10.9 Å². The van der Waals surface area contributed by atoms with Gasteiger partial charge in [-0.25, -0.2) is 0 Å². The van der Waals surface area contributed by atoms with Crippen molar-refractivity contribution in [1.29, 1.82) is 0 Å². The predicted molar refractivity (Wildman–Crippen MR) is 127 cm³/mol. The zero-order valence-electron chi connectivity index (χ0n) is 17.9. The van der Waals surface area contributed by atoms with Gasteiger partial charge in [-0.2, -0.15) is 0 Å². The number of carbonyl (C=O) groups is 1. The molecule has 0 radical (unpaired) electrons. The summed E-state index contributed by atoms with van der Waals surface area (Å²) < 4.78 is 10.9. The van der Waals surface area contributed by atoms with Gasteiger partial charge < -0.3 is 19.4 Å². The van der Waals surface area contributed by atoms with E-state index in [1.807, 2.05) is 49.4 Å². The topological polar surface area (TPSA) is 71.6 Å². The monoisotopic (exact) mass is 460 g/mol. The molecule has 0 spiro atoms. The Bertz CT molecular complexity index is 1410. The highest BCUT2D eigenvalue weighted by molar-refractivity contribution is 6.30. The minimum atomic E-state index is -0.212. The van der Waals surface area contributed by atoms with Gasteiger partial charge in [-0.15, -0.1) is 0 Å². The number of carbonyl (C=O) groups excluding carboxylic acids is 1. The second-order valence-electron chi connectivity index (χ2n) is 8.02. The Morgan fingerprint density at radius 2 is 1.79 bits per heavy atom. The van der Waals surface area contributed by atoms with Crippen LogP contribution in [0.2, 0.25) is 5.02 Å². The molecule has 5 rings (SSSR count). The first-order valence-electron chi connectivity index (χ1n) is 10.5. The summed E-state index contributed by atoms with van der Waals surface area (Å²) in [6, 6.07) is 20.0. The van der Waals surface area contributed by atoms with Gasteiger partial charge in [0.25, 0.3) is 11.5 Å². The second kappa shape index (κ2) is 8.64. The normalized spacial score (nSPS) is 12.2. The van der Waals surface area contributed by atoms with Crippen LogP contribution in [-0.2, 0) is 13.1 Å². The van der Waals surface area contributed by atoms with E-state index < -0.39 is 0 Å². The SMILES string of the molecule is Cc1cccc2cc(CN(Cc3ccc4c(c3)OCO4)C(=O)c3ccc(Cl)cc3)c(=O)[nH]c12. The molecule has 166 valence electrons. The van der Waals surface area contributed by atoms with E-state index in [1.165, 1.54) is 0 Å². The highest BCUT2D eigenvalue weighted by Crippen LogP contribution is 2.33. The number of nitrogens with one attached hydrogen (secondary N) is 1. The molecule has 0 saturated carbocycles. The van der Waals surface area contributed by atoms with Crippen LogP contribution in [0.1, 0.15) is 27.0 Å². The summed E-state index contributed by atoms with van der Waals surface area (Å²) in [6.07, 6.45) is 0. The van der Waals surface area contributed by atoms with E-state index in [0.29, 0.717) is 34.2 Å². The molecule has 0 aliphatic carbocycles. The van der Waals surface area contributed by atoms with Crippen molar-refractivity contribution in [2.24, 2.45) is 0 Å². The number of hydrogen-bond acceptors (Lipinski definition) is 4. The van der Waals surface area contributed by atoms with Crippen molar-refractivity contribution in [3.05, 3.63) is 104 Å². The quantitative estimate of drug-likeness (QED) is 0.452. The summed E-state index contributed by atoms with van der Waals surface area (Å²) in [4.78, 5) is 30.9. The molecule has 0 atom stereocenters. The fourth-order valence-corrected chi connectivity index (χ4v) is 4.11. The summed E-state index contributed by atoms with van der Waals surface area (Å²) >= 11 is 6.00. The number of aromatic amines is 1. The fraction of sp³-hybridized carbons (Fsp3) is 0.154. The molecule has 1 N–H and O–H groups in total. The third kappa shape index (κ3) is 4.30. The van der Waals surface area contributed by atoms with Crippen molar-refractivity contribution in [3.8, 4) is 11.5 Å². The number of pyridine rings is 1. The van der Waals surface area contributed by atoms with E-state index in [0.717, 1.165) is 22.0 Å². The molecule has 1 aliphatic rings. The lowest BCUT2D eigenvalue weighted by atomic mass is 10.1. The van der Waals surface area contributed by atoms with Crippen LogP contribution >= 0.6 is 11.6 Å². The van der Waals surface area contributed by atoms with Gasteiger partial charge in [0.15, 0.2) is 11.5 Å². The molecule has 4 aromatic rings. The number of H-pyrrole nitrogens is 1. The third-order valence-electron chi connectivity index (χ3n) is 5.71. The predicted octanol–water partition coefficient (Wildman–Crippen LogP) is 5.06. The summed E-state index contributed by atoms with van der Waals surface area (Å²) in [7, 11) is 0. The molecule has 1 aliphatic heterocycles. The smallest absolute Gasteiger partial charge is 0.254 e. The number of aromatic nitrogens is 1. The Morgan fingerprint density at radius 1 is 1.00 bits per heavy atom. The summed E-state index contributed by atoms with van der Waals surface area (Å²) in [5.74, 6) is 1.12. The van der Waals surface area contributed by atoms with Gasteiger partial charge in [-0.05, 0) is 65.9 Å². The van der Waals surface area contributed by atoms with Gasteiger partial charge in [-0.3, -0.25) is 9.59 Å². The molecule has 0 unspecified atom stereocenters. The van der Waals surface area contributed by atoms with E-state index in [2.05, 4.69) is 4.98 Å². The Labute approximate surface area is 195 Å². The average molecular weight is 461 g/mol. The van der Waals surface area contributed by atoms with Crippen LogP contribution in [0.3, 0.4) is 0 Å².